The molecule has 0 saturated carbocycles. The zero-order valence-corrected chi connectivity index (χ0v) is 20.5. The van der Waals surface area contributed by atoms with Crippen LogP contribution >= 0.6 is 0 Å². The first kappa shape index (κ1) is 23.5. The highest BCUT2D eigenvalue weighted by atomic mass is 16.5. The van der Waals surface area contributed by atoms with Gasteiger partial charge in [0.25, 0.3) is 0 Å². The molecular weight excluding hydrogens is 450 g/mol. The Hall–Kier alpha value is -4.24. The molecule has 5 rings (SSSR count). The molecule has 1 fully saturated rings. The minimum Gasteiger partial charge on any atom is -0.465 e. The summed E-state index contributed by atoms with van der Waals surface area (Å²) in [6.45, 7) is 5.81. The molecule has 1 saturated heterocycles. The Balaban J connectivity index is 1.84. The van der Waals surface area contributed by atoms with Crippen LogP contribution in [-0.4, -0.2) is 35.4 Å². The maximum Gasteiger partial charge on any atom is 0.329 e. The predicted molar refractivity (Wildman–Crippen MR) is 137 cm³/mol. The highest BCUT2D eigenvalue weighted by Gasteiger charge is 2.67. The zero-order valence-electron chi connectivity index (χ0n) is 20.5. The predicted octanol–water partition coefficient (Wildman–Crippen LogP) is 5.02. The number of carbonyl (C=O) groups is 2. The number of esters is 1. The summed E-state index contributed by atoms with van der Waals surface area (Å²) < 4.78 is 5.56. The van der Waals surface area contributed by atoms with E-state index in [0.717, 1.165) is 22.4 Å². The fourth-order valence-corrected chi connectivity index (χ4v) is 5.79. The van der Waals surface area contributed by atoms with Gasteiger partial charge in [-0.05, 0) is 50.1 Å². The van der Waals surface area contributed by atoms with Crippen molar-refractivity contribution in [1.82, 2.24) is 4.98 Å². The van der Waals surface area contributed by atoms with Gasteiger partial charge in [0.2, 0.25) is 0 Å². The summed E-state index contributed by atoms with van der Waals surface area (Å²) in [5.74, 6) is -1.54. The molecular formula is C30H27N3O3. The van der Waals surface area contributed by atoms with E-state index in [1.54, 1.807) is 25.3 Å². The number of hydrogen-bond donors (Lipinski definition) is 0. The molecule has 180 valence electrons. The lowest BCUT2D eigenvalue weighted by Gasteiger charge is -2.35. The first-order valence-corrected chi connectivity index (χ1v) is 12.1. The van der Waals surface area contributed by atoms with Gasteiger partial charge in [0, 0.05) is 17.7 Å². The van der Waals surface area contributed by atoms with Gasteiger partial charge in [0.05, 0.1) is 30.1 Å². The highest BCUT2D eigenvalue weighted by molar-refractivity contribution is 6.06. The number of pyridine rings is 1. The summed E-state index contributed by atoms with van der Waals surface area (Å²) in [5.41, 5.74) is 3.06. The number of carbonyl (C=O) groups excluding carboxylic acids is 2. The van der Waals surface area contributed by atoms with Crippen molar-refractivity contribution in [3.8, 4) is 6.07 Å². The van der Waals surface area contributed by atoms with Crippen molar-refractivity contribution >= 4 is 23.5 Å². The Bertz CT molecular complexity index is 1410. The molecule has 2 aromatic carbocycles. The van der Waals surface area contributed by atoms with Crippen molar-refractivity contribution in [3.05, 3.63) is 101 Å². The van der Waals surface area contributed by atoms with Crippen LogP contribution in [0.2, 0.25) is 0 Å². The lowest BCUT2D eigenvalue weighted by Crippen LogP contribution is -2.47. The molecule has 0 bridgehead atoms. The number of hydrogen-bond acceptors (Lipinski definition) is 6. The van der Waals surface area contributed by atoms with Gasteiger partial charge >= 0.3 is 5.97 Å². The number of ketones is 1. The van der Waals surface area contributed by atoms with Gasteiger partial charge < -0.3 is 9.64 Å². The Morgan fingerprint density at radius 2 is 1.89 bits per heavy atom. The van der Waals surface area contributed by atoms with Crippen LogP contribution in [0.3, 0.4) is 0 Å². The normalized spacial score (nSPS) is 23.9. The molecule has 2 aliphatic rings. The number of ether oxygens (including phenoxy) is 1. The third-order valence-corrected chi connectivity index (χ3v) is 7.29. The summed E-state index contributed by atoms with van der Waals surface area (Å²) >= 11 is 0. The molecule has 6 nitrogen and oxygen atoms in total. The number of nitriles is 1. The fraction of sp³-hybridized carbons (Fsp3) is 0.267. The highest BCUT2D eigenvalue weighted by Crippen LogP contribution is 2.56. The number of benzene rings is 2. The lowest BCUT2D eigenvalue weighted by molar-refractivity contribution is -0.152. The Labute approximate surface area is 210 Å². The summed E-state index contributed by atoms with van der Waals surface area (Å²) in [6, 6.07) is 19.5. The number of rotatable bonds is 5. The van der Waals surface area contributed by atoms with Crippen LogP contribution in [0.4, 0.5) is 5.69 Å². The van der Waals surface area contributed by atoms with E-state index in [-0.39, 0.29) is 12.4 Å². The van der Waals surface area contributed by atoms with E-state index in [4.69, 9.17) is 4.74 Å². The molecule has 3 aromatic rings. The maximum atomic E-state index is 14.3. The van der Waals surface area contributed by atoms with Gasteiger partial charge in [0.1, 0.15) is 6.04 Å². The average Bonchev–Trinajstić information content (AvgIpc) is 3.20. The summed E-state index contributed by atoms with van der Waals surface area (Å²) in [6.07, 6.45) is 5.35. The SMILES string of the molecule is CCOC(=O)[C@@]1(C#N)[C@@H]2C=Cc3ncccc3N2[C@@H](C(=O)c2ccccc2)[C@@H]1c1ccc(C)cc1C. The molecule has 0 amide bonds. The molecule has 0 aliphatic carbocycles. The minimum absolute atomic E-state index is 0.133. The number of anilines is 1. The van der Waals surface area contributed by atoms with Crippen LogP contribution in [0.1, 0.15) is 45.6 Å². The van der Waals surface area contributed by atoms with E-state index >= 15 is 0 Å². The van der Waals surface area contributed by atoms with Gasteiger partial charge in [-0.25, -0.2) is 0 Å². The van der Waals surface area contributed by atoms with Crippen molar-refractivity contribution in [3.63, 3.8) is 0 Å². The molecule has 3 heterocycles. The van der Waals surface area contributed by atoms with E-state index in [1.807, 2.05) is 79.4 Å². The zero-order chi connectivity index (χ0) is 25.4. The molecule has 0 N–H and O–H groups in total. The fourth-order valence-electron chi connectivity index (χ4n) is 5.79. The van der Waals surface area contributed by atoms with Crippen LogP contribution < -0.4 is 4.90 Å². The van der Waals surface area contributed by atoms with E-state index < -0.39 is 29.4 Å². The van der Waals surface area contributed by atoms with Crippen molar-refractivity contribution < 1.29 is 14.3 Å². The molecule has 0 unspecified atom stereocenters. The summed E-state index contributed by atoms with van der Waals surface area (Å²) in [5, 5.41) is 10.8. The number of nitrogens with zero attached hydrogens (tertiary/aromatic N) is 3. The second kappa shape index (κ2) is 9.09. The van der Waals surface area contributed by atoms with Crippen molar-refractivity contribution in [2.45, 2.75) is 38.8 Å². The molecule has 0 radical (unpaired) electrons. The van der Waals surface area contributed by atoms with Crippen molar-refractivity contribution in [2.75, 3.05) is 11.5 Å². The van der Waals surface area contributed by atoms with E-state index in [2.05, 4.69) is 11.1 Å². The maximum absolute atomic E-state index is 14.3. The van der Waals surface area contributed by atoms with Crippen LogP contribution in [0.5, 0.6) is 0 Å². The number of Topliss-reactive ketones (excluding diaryl/α,β-unsaturated/α-hetero) is 1. The van der Waals surface area contributed by atoms with Crippen LogP contribution in [-0.2, 0) is 9.53 Å². The summed E-state index contributed by atoms with van der Waals surface area (Å²) in [7, 11) is 0. The third kappa shape index (κ3) is 3.43. The Morgan fingerprint density at radius 1 is 1.11 bits per heavy atom. The second-order valence-corrected chi connectivity index (χ2v) is 9.33. The van der Waals surface area contributed by atoms with Crippen LogP contribution in [0.15, 0.2) is 72.9 Å². The van der Waals surface area contributed by atoms with Gasteiger partial charge in [-0.3, -0.25) is 14.6 Å². The van der Waals surface area contributed by atoms with E-state index in [1.165, 1.54) is 0 Å². The van der Waals surface area contributed by atoms with Gasteiger partial charge in [-0.15, -0.1) is 0 Å². The van der Waals surface area contributed by atoms with E-state index in [0.29, 0.717) is 11.3 Å². The number of aromatic nitrogens is 1. The first-order valence-electron chi connectivity index (χ1n) is 12.1. The molecule has 0 spiro atoms. The van der Waals surface area contributed by atoms with Crippen LogP contribution in [0.25, 0.3) is 6.08 Å². The monoisotopic (exact) mass is 477 g/mol. The molecule has 36 heavy (non-hydrogen) atoms. The first-order chi connectivity index (χ1) is 17.4. The quantitative estimate of drug-likeness (QED) is 0.379. The van der Waals surface area contributed by atoms with E-state index in [9.17, 15) is 14.9 Å². The summed E-state index contributed by atoms with van der Waals surface area (Å²) in [4.78, 5) is 34.5. The molecule has 2 aliphatic heterocycles. The van der Waals surface area contributed by atoms with Gasteiger partial charge in [-0.2, -0.15) is 5.26 Å². The average molecular weight is 478 g/mol. The Kier molecular flexibility index (Phi) is 5.93. The Morgan fingerprint density at radius 3 is 2.58 bits per heavy atom. The van der Waals surface area contributed by atoms with Crippen LogP contribution in [0, 0.1) is 30.6 Å². The smallest absolute Gasteiger partial charge is 0.329 e. The topological polar surface area (TPSA) is 83.3 Å². The lowest BCUT2D eigenvalue weighted by atomic mass is 9.67. The number of fused-ring (bicyclic) bond motifs is 3. The molecule has 4 atom stereocenters. The van der Waals surface area contributed by atoms with Crippen molar-refractivity contribution in [1.29, 1.82) is 5.26 Å². The van der Waals surface area contributed by atoms with Crippen molar-refractivity contribution in [2.24, 2.45) is 5.41 Å². The van der Waals surface area contributed by atoms with Gasteiger partial charge in [-0.1, -0.05) is 60.2 Å². The third-order valence-electron chi connectivity index (χ3n) is 7.29. The molecule has 6 heteroatoms. The minimum atomic E-state index is -1.64. The standard InChI is InChI=1S/C30H27N3O3/c1-4-36-29(35)30(18-31)25-15-14-23-24(11-8-16-32-23)33(25)27(28(34)21-9-6-5-7-10-21)26(30)22-13-12-19(2)17-20(22)3/h5-17,25-27H,4H2,1-3H3/t25-,26-,27+,30-/m0/s1. The molecule has 1 aromatic heterocycles. The second-order valence-electron chi connectivity index (χ2n) is 9.33. The number of aryl methyl sites for hydroxylation is 2. The largest absolute Gasteiger partial charge is 0.465 e. The van der Waals surface area contributed by atoms with Gasteiger partial charge in [0.15, 0.2) is 11.2 Å².